The van der Waals surface area contributed by atoms with Crippen LogP contribution in [0.15, 0.2) is 42.1 Å². The fourth-order valence-electron chi connectivity index (χ4n) is 4.17. The molecule has 2 aliphatic heterocycles. The average molecular weight is 370 g/mol. The quantitative estimate of drug-likeness (QED) is 0.722. The van der Waals surface area contributed by atoms with Gasteiger partial charge >= 0.3 is 0 Å². The second-order valence-electron chi connectivity index (χ2n) is 7.72. The number of rotatable bonds is 6. The van der Waals surface area contributed by atoms with Crippen molar-refractivity contribution in [3.8, 4) is 0 Å². The van der Waals surface area contributed by atoms with Crippen LogP contribution < -0.4 is 0 Å². The molecule has 0 N–H and O–H groups in total. The molecule has 0 aliphatic carbocycles. The van der Waals surface area contributed by atoms with Gasteiger partial charge in [-0.05, 0) is 44.3 Å². The van der Waals surface area contributed by atoms with Gasteiger partial charge in [-0.2, -0.15) is 0 Å². The zero-order valence-corrected chi connectivity index (χ0v) is 16.6. The van der Waals surface area contributed by atoms with Crippen LogP contribution in [0.5, 0.6) is 0 Å². The number of piperidine rings is 1. The van der Waals surface area contributed by atoms with Gasteiger partial charge in [-0.25, -0.2) is 0 Å². The lowest BCUT2D eigenvalue weighted by Crippen LogP contribution is -2.50. The van der Waals surface area contributed by atoms with E-state index < -0.39 is 5.92 Å². The summed E-state index contributed by atoms with van der Waals surface area (Å²) >= 11 is 0. The van der Waals surface area contributed by atoms with E-state index in [-0.39, 0.29) is 17.7 Å². The molecule has 5 nitrogen and oxygen atoms in total. The van der Waals surface area contributed by atoms with Gasteiger partial charge in [-0.15, -0.1) is 0 Å². The molecule has 0 aromatic heterocycles. The molecule has 1 saturated heterocycles. The Bertz CT molecular complexity index is 693. The van der Waals surface area contributed by atoms with Crippen molar-refractivity contribution in [3.05, 3.63) is 47.7 Å². The topological polar surface area (TPSA) is 49.9 Å². The fourth-order valence-corrected chi connectivity index (χ4v) is 4.17. The summed E-state index contributed by atoms with van der Waals surface area (Å²) in [5, 5.41) is 0. The Hall–Kier alpha value is -1.98. The number of amides is 1. The number of likely N-dealkylation sites (tertiary alicyclic amines) is 1. The zero-order chi connectivity index (χ0) is 19.4. The highest BCUT2D eigenvalue weighted by molar-refractivity contribution is 6.10. The van der Waals surface area contributed by atoms with Gasteiger partial charge in [-0.3, -0.25) is 14.5 Å². The monoisotopic (exact) mass is 370 g/mol. The Kier molecular flexibility index (Phi) is 6.45. The highest BCUT2D eigenvalue weighted by atomic mass is 16.5. The maximum absolute atomic E-state index is 13.4. The first-order valence-corrected chi connectivity index (χ1v) is 9.84. The van der Waals surface area contributed by atoms with Crippen molar-refractivity contribution >= 4 is 11.7 Å². The van der Waals surface area contributed by atoms with Crippen molar-refractivity contribution in [3.63, 3.8) is 0 Å². The second kappa shape index (κ2) is 8.81. The molecule has 0 bridgehead atoms. The van der Waals surface area contributed by atoms with Crippen LogP contribution in [-0.4, -0.2) is 54.8 Å². The third-order valence-electron chi connectivity index (χ3n) is 5.80. The Morgan fingerprint density at radius 2 is 1.81 bits per heavy atom. The standard InChI is InChI=1S/C22H30N2O3/c1-16-9-11-23(12-10-16)21(18-7-5-4-6-8-18)20-19(25)15-17(2)24(22(20)26)13-14-27-3/h4-8,15-16,20-21H,9-14H2,1-3H3. The molecule has 1 aromatic rings. The fraction of sp³-hybridized carbons (Fsp3) is 0.545. The van der Waals surface area contributed by atoms with Crippen molar-refractivity contribution < 1.29 is 14.3 Å². The molecule has 1 amide bonds. The normalized spacial score (nSPS) is 23.4. The number of carbonyl (C=O) groups excluding carboxylic acids is 2. The van der Waals surface area contributed by atoms with E-state index in [1.165, 1.54) is 0 Å². The number of ketones is 1. The summed E-state index contributed by atoms with van der Waals surface area (Å²) < 4.78 is 5.16. The van der Waals surface area contributed by atoms with Gasteiger partial charge < -0.3 is 9.64 Å². The number of nitrogens with zero attached hydrogens (tertiary/aromatic N) is 2. The van der Waals surface area contributed by atoms with E-state index in [9.17, 15) is 9.59 Å². The van der Waals surface area contributed by atoms with E-state index >= 15 is 0 Å². The van der Waals surface area contributed by atoms with Crippen LogP contribution in [0.4, 0.5) is 0 Å². The summed E-state index contributed by atoms with van der Waals surface area (Å²) in [4.78, 5) is 30.4. The van der Waals surface area contributed by atoms with E-state index in [0.29, 0.717) is 24.8 Å². The Labute approximate surface area is 162 Å². The minimum atomic E-state index is -0.693. The van der Waals surface area contributed by atoms with Gasteiger partial charge in [0.15, 0.2) is 5.78 Å². The summed E-state index contributed by atoms with van der Waals surface area (Å²) in [5.74, 6) is -0.194. The average Bonchev–Trinajstić information content (AvgIpc) is 2.66. The highest BCUT2D eigenvalue weighted by Gasteiger charge is 2.43. The molecule has 0 saturated carbocycles. The maximum atomic E-state index is 13.4. The molecule has 1 fully saturated rings. The minimum absolute atomic E-state index is 0.0846. The Morgan fingerprint density at radius 3 is 2.44 bits per heavy atom. The van der Waals surface area contributed by atoms with Crippen molar-refractivity contribution in [2.24, 2.45) is 11.8 Å². The van der Waals surface area contributed by atoms with Crippen LogP contribution in [0.3, 0.4) is 0 Å². The molecule has 2 unspecified atom stereocenters. The molecule has 1 aromatic carbocycles. The molecule has 2 heterocycles. The number of benzene rings is 1. The molecule has 2 atom stereocenters. The van der Waals surface area contributed by atoms with Gasteiger partial charge in [0, 0.05) is 25.4 Å². The second-order valence-corrected chi connectivity index (χ2v) is 7.72. The molecular weight excluding hydrogens is 340 g/mol. The molecule has 0 radical (unpaired) electrons. The minimum Gasteiger partial charge on any atom is -0.383 e. The Morgan fingerprint density at radius 1 is 1.15 bits per heavy atom. The summed E-state index contributed by atoms with van der Waals surface area (Å²) in [6, 6.07) is 9.79. The molecule has 5 heteroatoms. The number of hydrogen-bond donors (Lipinski definition) is 0. The lowest BCUT2D eigenvalue weighted by molar-refractivity contribution is -0.144. The number of hydrogen-bond acceptors (Lipinski definition) is 4. The van der Waals surface area contributed by atoms with Gasteiger partial charge in [0.25, 0.3) is 0 Å². The van der Waals surface area contributed by atoms with Crippen LogP contribution in [0, 0.1) is 11.8 Å². The summed E-state index contributed by atoms with van der Waals surface area (Å²) in [7, 11) is 1.62. The molecule has 2 aliphatic rings. The van der Waals surface area contributed by atoms with Gasteiger partial charge in [-0.1, -0.05) is 37.3 Å². The molecule has 3 rings (SSSR count). The van der Waals surface area contributed by atoms with E-state index in [1.54, 1.807) is 18.1 Å². The van der Waals surface area contributed by atoms with Crippen LogP contribution in [0.25, 0.3) is 0 Å². The van der Waals surface area contributed by atoms with Crippen molar-refractivity contribution in [1.82, 2.24) is 9.80 Å². The van der Waals surface area contributed by atoms with Crippen molar-refractivity contribution in [2.45, 2.75) is 32.7 Å². The van der Waals surface area contributed by atoms with E-state index in [2.05, 4.69) is 11.8 Å². The van der Waals surface area contributed by atoms with Crippen molar-refractivity contribution in [1.29, 1.82) is 0 Å². The van der Waals surface area contributed by atoms with Crippen LogP contribution in [0.1, 0.15) is 38.3 Å². The zero-order valence-electron chi connectivity index (χ0n) is 16.6. The number of allylic oxidation sites excluding steroid dienone is 2. The number of methoxy groups -OCH3 is 1. The summed E-state index contributed by atoms with van der Waals surface area (Å²) in [6.45, 7) is 6.85. The molecule has 146 valence electrons. The summed E-state index contributed by atoms with van der Waals surface area (Å²) in [5.41, 5.74) is 1.75. The van der Waals surface area contributed by atoms with Gasteiger partial charge in [0.05, 0.1) is 12.6 Å². The van der Waals surface area contributed by atoms with E-state index in [0.717, 1.165) is 31.5 Å². The SMILES string of the molecule is COCCN1C(=O)C(C(c2ccccc2)N2CCC(C)CC2)C(=O)C=C1C. The Balaban J connectivity index is 1.95. The molecule has 0 spiro atoms. The summed E-state index contributed by atoms with van der Waals surface area (Å²) in [6.07, 6.45) is 3.83. The van der Waals surface area contributed by atoms with Gasteiger partial charge in [0.2, 0.25) is 5.91 Å². The van der Waals surface area contributed by atoms with Crippen LogP contribution in [-0.2, 0) is 14.3 Å². The lowest BCUT2D eigenvalue weighted by atomic mass is 9.83. The van der Waals surface area contributed by atoms with Crippen LogP contribution in [0.2, 0.25) is 0 Å². The third kappa shape index (κ3) is 4.30. The highest BCUT2D eigenvalue weighted by Crippen LogP contribution is 2.36. The van der Waals surface area contributed by atoms with Gasteiger partial charge in [0.1, 0.15) is 5.92 Å². The number of ether oxygens (including phenoxy) is 1. The first-order chi connectivity index (χ1) is 13.0. The van der Waals surface area contributed by atoms with Crippen molar-refractivity contribution in [2.75, 3.05) is 33.4 Å². The number of carbonyl (C=O) groups is 2. The van der Waals surface area contributed by atoms with E-state index in [1.807, 2.05) is 37.3 Å². The molecular formula is C22H30N2O3. The van der Waals surface area contributed by atoms with Crippen LogP contribution >= 0.6 is 0 Å². The predicted molar refractivity (Wildman–Crippen MR) is 105 cm³/mol. The first-order valence-electron chi connectivity index (χ1n) is 9.84. The largest absolute Gasteiger partial charge is 0.383 e. The maximum Gasteiger partial charge on any atom is 0.239 e. The smallest absolute Gasteiger partial charge is 0.239 e. The first kappa shape index (κ1) is 19.8. The van der Waals surface area contributed by atoms with E-state index in [4.69, 9.17) is 4.74 Å². The molecule has 27 heavy (non-hydrogen) atoms. The lowest BCUT2D eigenvalue weighted by Gasteiger charge is -2.42. The predicted octanol–water partition coefficient (Wildman–Crippen LogP) is 3.04. The third-order valence-corrected chi connectivity index (χ3v) is 5.80.